The number of aliphatic hydroxyl groups is 4. The van der Waals surface area contributed by atoms with Gasteiger partial charge in [0.15, 0.2) is 12.4 Å². The first-order chi connectivity index (χ1) is 25.8. The van der Waals surface area contributed by atoms with Crippen molar-refractivity contribution in [2.24, 2.45) is 0 Å². The van der Waals surface area contributed by atoms with Gasteiger partial charge < -0.3 is 39.4 Å². The van der Waals surface area contributed by atoms with E-state index in [1.54, 1.807) is 0 Å². The highest BCUT2D eigenvalue weighted by Gasteiger charge is 2.44. The number of allylic oxidation sites excluding steroid dienone is 10. The molecular weight excluding hydrogens is 676 g/mol. The van der Waals surface area contributed by atoms with Crippen LogP contribution < -0.4 is 0 Å². The van der Waals surface area contributed by atoms with Crippen LogP contribution in [0.3, 0.4) is 0 Å². The Labute approximate surface area is 320 Å². The van der Waals surface area contributed by atoms with E-state index in [1.807, 2.05) is 0 Å². The Hall–Kier alpha value is -2.60. The molecule has 0 amide bonds. The number of rotatable bonds is 32. The molecule has 0 aromatic heterocycles. The molecule has 0 aromatic rings. The fraction of sp³-hybridized carbons (Fsp3) is 0.721. The number of hydrogen-bond acceptors (Lipinski definition) is 10. The number of aliphatic hydroxyl groups excluding tert-OH is 4. The third-order valence-electron chi connectivity index (χ3n) is 8.89. The molecular formula is C43H72O10. The summed E-state index contributed by atoms with van der Waals surface area (Å²) < 4.78 is 22.0. The first-order valence-electron chi connectivity index (χ1n) is 20.4. The summed E-state index contributed by atoms with van der Waals surface area (Å²) in [4.78, 5) is 25.2. The van der Waals surface area contributed by atoms with Gasteiger partial charge in [-0.15, -0.1) is 0 Å². The van der Waals surface area contributed by atoms with Crippen LogP contribution in [0.1, 0.15) is 142 Å². The van der Waals surface area contributed by atoms with Crippen molar-refractivity contribution < 1.29 is 49.0 Å². The SMILES string of the molecule is CC/C=C\C/C=C\C/C=C\CCCCCCCC(=O)OC(COC(=O)CCCCC/C=C\C/C=C\CCCCC)CO[C@@H]1O[C@H](CO)[C@H](O)[C@H](O)[C@H]1O. The fourth-order valence-corrected chi connectivity index (χ4v) is 5.64. The van der Waals surface area contributed by atoms with Crippen LogP contribution in [-0.2, 0) is 28.5 Å². The van der Waals surface area contributed by atoms with E-state index < -0.39 is 55.4 Å². The van der Waals surface area contributed by atoms with Crippen molar-refractivity contribution in [2.45, 2.75) is 179 Å². The lowest BCUT2D eigenvalue weighted by molar-refractivity contribution is -0.305. The Morgan fingerprint density at radius 3 is 1.70 bits per heavy atom. The molecule has 53 heavy (non-hydrogen) atoms. The zero-order chi connectivity index (χ0) is 38.8. The summed E-state index contributed by atoms with van der Waals surface area (Å²) in [6.45, 7) is 3.21. The van der Waals surface area contributed by atoms with Crippen LogP contribution in [0, 0.1) is 0 Å². The maximum Gasteiger partial charge on any atom is 0.306 e. The molecule has 1 aliphatic rings. The van der Waals surface area contributed by atoms with Crippen LogP contribution in [0.15, 0.2) is 60.8 Å². The highest BCUT2D eigenvalue weighted by Crippen LogP contribution is 2.22. The Morgan fingerprint density at radius 1 is 0.604 bits per heavy atom. The van der Waals surface area contributed by atoms with E-state index >= 15 is 0 Å². The molecule has 1 fully saturated rings. The average molecular weight is 749 g/mol. The summed E-state index contributed by atoms with van der Waals surface area (Å²) in [5.74, 6) is -0.863. The summed E-state index contributed by atoms with van der Waals surface area (Å²) in [5, 5.41) is 40.0. The van der Waals surface area contributed by atoms with Gasteiger partial charge in [0.05, 0.1) is 13.2 Å². The van der Waals surface area contributed by atoms with Gasteiger partial charge in [-0.25, -0.2) is 0 Å². The lowest BCUT2D eigenvalue weighted by atomic mass is 9.99. The van der Waals surface area contributed by atoms with E-state index in [0.29, 0.717) is 12.8 Å². The number of esters is 2. The number of unbranched alkanes of at least 4 members (excludes halogenated alkanes) is 11. The van der Waals surface area contributed by atoms with E-state index in [1.165, 1.54) is 19.3 Å². The van der Waals surface area contributed by atoms with Crippen molar-refractivity contribution in [3.63, 3.8) is 0 Å². The summed E-state index contributed by atoms with van der Waals surface area (Å²) >= 11 is 0. The van der Waals surface area contributed by atoms with Gasteiger partial charge in [-0.2, -0.15) is 0 Å². The molecule has 10 heteroatoms. The normalized spacial score (nSPS) is 21.5. The largest absolute Gasteiger partial charge is 0.462 e. The predicted octanol–water partition coefficient (Wildman–Crippen LogP) is 7.88. The average Bonchev–Trinajstić information content (AvgIpc) is 3.15. The standard InChI is InChI=1S/C43H72O10/c1-3-5-7-9-11-13-15-17-18-20-22-24-26-28-30-32-39(46)52-36(35-51-43-42(49)41(48)40(47)37(33-44)53-43)34-50-38(45)31-29-27-25-23-21-19-16-14-12-10-8-6-4-2/h5,7,11-14,17-19,21,36-37,40-44,47-49H,3-4,6,8-10,15-16,20,22-35H2,1-2H3/b7-5-,13-11-,14-12-,18-17-,21-19-/t36?,37-,40+,41+,42-,43-/m1/s1. The van der Waals surface area contributed by atoms with E-state index in [-0.39, 0.29) is 26.1 Å². The van der Waals surface area contributed by atoms with Gasteiger partial charge in [0.2, 0.25) is 0 Å². The second-order valence-electron chi connectivity index (χ2n) is 13.7. The van der Waals surface area contributed by atoms with Gasteiger partial charge >= 0.3 is 11.9 Å². The van der Waals surface area contributed by atoms with E-state index in [9.17, 15) is 30.0 Å². The van der Waals surface area contributed by atoms with Crippen molar-refractivity contribution in [2.75, 3.05) is 19.8 Å². The molecule has 6 atom stereocenters. The molecule has 1 heterocycles. The van der Waals surface area contributed by atoms with Gasteiger partial charge in [-0.05, 0) is 77.0 Å². The number of carbonyl (C=O) groups is 2. The van der Waals surface area contributed by atoms with Crippen LogP contribution >= 0.6 is 0 Å². The molecule has 1 unspecified atom stereocenters. The minimum atomic E-state index is -1.60. The van der Waals surface area contributed by atoms with E-state index in [2.05, 4.69) is 74.6 Å². The summed E-state index contributed by atoms with van der Waals surface area (Å²) in [6.07, 6.45) is 32.3. The van der Waals surface area contributed by atoms with Gasteiger partial charge in [-0.3, -0.25) is 9.59 Å². The molecule has 0 aromatic carbocycles. The quantitative estimate of drug-likeness (QED) is 0.0304. The molecule has 0 saturated carbocycles. The van der Waals surface area contributed by atoms with Crippen LogP contribution in [0.25, 0.3) is 0 Å². The first-order valence-corrected chi connectivity index (χ1v) is 20.4. The van der Waals surface area contributed by atoms with Crippen LogP contribution in [-0.4, -0.2) is 89.0 Å². The van der Waals surface area contributed by atoms with Crippen LogP contribution in [0.4, 0.5) is 0 Å². The van der Waals surface area contributed by atoms with Gasteiger partial charge in [-0.1, -0.05) is 113 Å². The summed E-state index contributed by atoms with van der Waals surface area (Å²) in [6, 6.07) is 0. The van der Waals surface area contributed by atoms with Crippen molar-refractivity contribution in [1.29, 1.82) is 0 Å². The van der Waals surface area contributed by atoms with Crippen molar-refractivity contribution in [3.05, 3.63) is 60.8 Å². The lowest BCUT2D eigenvalue weighted by Crippen LogP contribution is -2.59. The second kappa shape index (κ2) is 33.9. The Kier molecular flexibility index (Phi) is 31.0. The molecule has 0 radical (unpaired) electrons. The molecule has 0 spiro atoms. The Morgan fingerprint density at radius 2 is 1.11 bits per heavy atom. The molecule has 304 valence electrons. The van der Waals surface area contributed by atoms with Crippen LogP contribution in [0.5, 0.6) is 0 Å². The highest BCUT2D eigenvalue weighted by atomic mass is 16.7. The molecule has 1 saturated heterocycles. The predicted molar refractivity (Wildman–Crippen MR) is 210 cm³/mol. The molecule has 10 nitrogen and oxygen atoms in total. The zero-order valence-electron chi connectivity index (χ0n) is 32.7. The number of carbonyl (C=O) groups excluding carboxylic acids is 2. The van der Waals surface area contributed by atoms with E-state index in [0.717, 1.165) is 83.5 Å². The number of ether oxygens (including phenoxy) is 4. The second-order valence-corrected chi connectivity index (χ2v) is 13.7. The summed E-state index contributed by atoms with van der Waals surface area (Å²) in [7, 11) is 0. The fourth-order valence-electron chi connectivity index (χ4n) is 5.64. The van der Waals surface area contributed by atoms with Crippen LogP contribution in [0.2, 0.25) is 0 Å². The maximum absolute atomic E-state index is 12.7. The van der Waals surface area contributed by atoms with Crippen molar-refractivity contribution in [3.8, 4) is 0 Å². The topological polar surface area (TPSA) is 152 Å². The zero-order valence-corrected chi connectivity index (χ0v) is 32.7. The monoisotopic (exact) mass is 749 g/mol. The minimum absolute atomic E-state index is 0.202. The smallest absolute Gasteiger partial charge is 0.306 e. The Balaban J connectivity index is 2.41. The first kappa shape index (κ1) is 48.4. The van der Waals surface area contributed by atoms with Gasteiger partial charge in [0, 0.05) is 12.8 Å². The Bertz CT molecular complexity index is 1050. The maximum atomic E-state index is 12.7. The molecule has 1 aliphatic heterocycles. The molecule has 0 bridgehead atoms. The van der Waals surface area contributed by atoms with E-state index in [4.69, 9.17) is 18.9 Å². The third-order valence-corrected chi connectivity index (χ3v) is 8.89. The molecule has 4 N–H and O–H groups in total. The molecule has 1 rings (SSSR count). The van der Waals surface area contributed by atoms with Crippen molar-refractivity contribution in [1.82, 2.24) is 0 Å². The molecule has 0 aliphatic carbocycles. The number of hydrogen-bond donors (Lipinski definition) is 4. The van der Waals surface area contributed by atoms with Crippen molar-refractivity contribution >= 4 is 11.9 Å². The minimum Gasteiger partial charge on any atom is -0.462 e. The highest BCUT2D eigenvalue weighted by molar-refractivity contribution is 5.70. The van der Waals surface area contributed by atoms with Gasteiger partial charge in [0.25, 0.3) is 0 Å². The summed E-state index contributed by atoms with van der Waals surface area (Å²) in [5.41, 5.74) is 0. The lowest BCUT2D eigenvalue weighted by Gasteiger charge is -2.39. The third kappa shape index (κ3) is 25.9. The van der Waals surface area contributed by atoms with Gasteiger partial charge in [0.1, 0.15) is 31.0 Å².